The molecule has 0 atom stereocenters. The molecule has 0 aliphatic heterocycles. The van der Waals surface area contributed by atoms with E-state index in [1.807, 2.05) is 18.2 Å². The van der Waals surface area contributed by atoms with Crippen molar-refractivity contribution in [2.75, 3.05) is 5.32 Å². The molecule has 2 N–H and O–H groups in total. The number of nitrogens with zero attached hydrogens (tertiary/aromatic N) is 1. The van der Waals surface area contributed by atoms with Gasteiger partial charge in [0, 0.05) is 11.3 Å². The Morgan fingerprint density at radius 2 is 1.76 bits per heavy atom. The van der Waals surface area contributed by atoms with Gasteiger partial charge < -0.3 is 5.32 Å². The summed E-state index contributed by atoms with van der Waals surface area (Å²) in [4.78, 5) is 12.1. The third-order valence-corrected chi connectivity index (χ3v) is 2.99. The van der Waals surface area contributed by atoms with Gasteiger partial charge in [0.15, 0.2) is 0 Å². The van der Waals surface area contributed by atoms with Crippen molar-refractivity contribution >= 4 is 11.6 Å². The van der Waals surface area contributed by atoms with Gasteiger partial charge in [-0.25, -0.2) is 4.39 Å². The molecule has 0 radical (unpaired) electrons. The summed E-state index contributed by atoms with van der Waals surface area (Å²) in [6.07, 6.45) is 0. The highest BCUT2D eigenvalue weighted by molar-refractivity contribution is 6.03. The van der Waals surface area contributed by atoms with Crippen LogP contribution in [0.4, 0.5) is 10.1 Å². The first-order valence-corrected chi connectivity index (χ1v) is 6.40. The summed E-state index contributed by atoms with van der Waals surface area (Å²) in [6, 6.07) is 16.7. The van der Waals surface area contributed by atoms with Crippen molar-refractivity contribution in [3.63, 3.8) is 0 Å². The highest BCUT2D eigenvalue weighted by Crippen LogP contribution is 2.18. The van der Waals surface area contributed by atoms with Crippen molar-refractivity contribution in [3.8, 4) is 11.3 Å². The first-order chi connectivity index (χ1) is 10.2. The molecule has 0 saturated carbocycles. The van der Waals surface area contributed by atoms with E-state index in [0.717, 1.165) is 5.56 Å². The molecular formula is C16H12FN3O. The minimum Gasteiger partial charge on any atom is -0.321 e. The van der Waals surface area contributed by atoms with E-state index < -0.39 is 0 Å². The van der Waals surface area contributed by atoms with Crippen molar-refractivity contribution < 1.29 is 9.18 Å². The van der Waals surface area contributed by atoms with Crippen LogP contribution in [0.3, 0.4) is 0 Å². The summed E-state index contributed by atoms with van der Waals surface area (Å²) in [5.74, 6) is -0.585. The Morgan fingerprint density at radius 3 is 2.48 bits per heavy atom. The van der Waals surface area contributed by atoms with Gasteiger partial charge in [-0.15, -0.1) is 0 Å². The Morgan fingerprint density at radius 1 is 1.05 bits per heavy atom. The van der Waals surface area contributed by atoms with Crippen LogP contribution in [0.15, 0.2) is 60.7 Å². The van der Waals surface area contributed by atoms with Gasteiger partial charge >= 0.3 is 0 Å². The number of rotatable bonds is 3. The number of hydrogen-bond acceptors (Lipinski definition) is 2. The fourth-order valence-corrected chi connectivity index (χ4v) is 1.93. The SMILES string of the molecule is O=C(Nc1ccccc1)c1cc(-c2ccc(F)cc2)n[nH]1. The lowest BCUT2D eigenvalue weighted by Crippen LogP contribution is -2.12. The van der Waals surface area contributed by atoms with Crippen molar-refractivity contribution in [1.29, 1.82) is 0 Å². The summed E-state index contributed by atoms with van der Waals surface area (Å²) in [7, 11) is 0. The monoisotopic (exact) mass is 281 g/mol. The van der Waals surface area contributed by atoms with E-state index in [4.69, 9.17) is 0 Å². The minimum atomic E-state index is -0.309. The zero-order valence-electron chi connectivity index (χ0n) is 11.0. The Kier molecular flexibility index (Phi) is 3.47. The zero-order valence-corrected chi connectivity index (χ0v) is 11.0. The average molecular weight is 281 g/mol. The van der Waals surface area contributed by atoms with Crippen LogP contribution in [0.5, 0.6) is 0 Å². The normalized spacial score (nSPS) is 10.3. The van der Waals surface area contributed by atoms with E-state index in [1.165, 1.54) is 12.1 Å². The number of hydrogen-bond donors (Lipinski definition) is 2. The van der Waals surface area contributed by atoms with Gasteiger partial charge in [0.1, 0.15) is 11.5 Å². The maximum atomic E-state index is 12.9. The highest BCUT2D eigenvalue weighted by Gasteiger charge is 2.11. The van der Waals surface area contributed by atoms with E-state index in [9.17, 15) is 9.18 Å². The maximum Gasteiger partial charge on any atom is 0.273 e. The van der Waals surface area contributed by atoms with Gasteiger partial charge in [-0.1, -0.05) is 18.2 Å². The second-order valence-corrected chi connectivity index (χ2v) is 4.49. The molecule has 1 amide bonds. The lowest BCUT2D eigenvalue weighted by molar-refractivity contribution is 0.102. The van der Waals surface area contributed by atoms with Crippen LogP contribution in [0.25, 0.3) is 11.3 Å². The molecule has 0 saturated heterocycles. The smallest absolute Gasteiger partial charge is 0.273 e. The number of H-pyrrole nitrogens is 1. The summed E-state index contributed by atoms with van der Waals surface area (Å²) in [5, 5.41) is 9.52. The van der Waals surface area contributed by atoms with Crippen LogP contribution in [0, 0.1) is 5.82 Å². The fourth-order valence-electron chi connectivity index (χ4n) is 1.93. The molecule has 0 bridgehead atoms. The number of carbonyl (C=O) groups excluding carboxylic acids is 1. The van der Waals surface area contributed by atoms with Crippen LogP contribution in [0.2, 0.25) is 0 Å². The topological polar surface area (TPSA) is 57.8 Å². The number of para-hydroxylation sites is 1. The molecule has 3 rings (SSSR count). The number of anilines is 1. The van der Waals surface area contributed by atoms with Crippen LogP contribution in [0.1, 0.15) is 10.5 Å². The van der Waals surface area contributed by atoms with Crippen LogP contribution in [-0.4, -0.2) is 16.1 Å². The highest BCUT2D eigenvalue weighted by atomic mass is 19.1. The predicted octanol–water partition coefficient (Wildman–Crippen LogP) is 3.47. The van der Waals surface area contributed by atoms with Crippen LogP contribution in [-0.2, 0) is 0 Å². The second kappa shape index (κ2) is 5.58. The van der Waals surface area contributed by atoms with Gasteiger partial charge in [0.05, 0.1) is 5.69 Å². The van der Waals surface area contributed by atoms with Crippen molar-refractivity contribution in [2.24, 2.45) is 0 Å². The molecule has 5 heteroatoms. The average Bonchev–Trinajstić information content (AvgIpc) is 2.99. The molecule has 0 aliphatic rings. The molecule has 104 valence electrons. The minimum absolute atomic E-state index is 0.276. The molecule has 21 heavy (non-hydrogen) atoms. The maximum absolute atomic E-state index is 12.9. The van der Waals surface area contributed by atoms with Gasteiger partial charge in [0.2, 0.25) is 0 Å². The number of aromatic amines is 1. The molecular weight excluding hydrogens is 269 g/mol. The standard InChI is InChI=1S/C16H12FN3O/c17-12-8-6-11(7-9-12)14-10-15(20-19-14)16(21)18-13-4-2-1-3-5-13/h1-10H,(H,18,21)(H,19,20). The van der Waals surface area contributed by atoms with E-state index in [-0.39, 0.29) is 11.7 Å². The first-order valence-electron chi connectivity index (χ1n) is 6.40. The van der Waals surface area contributed by atoms with Gasteiger partial charge in [-0.3, -0.25) is 9.89 Å². The second-order valence-electron chi connectivity index (χ2n) is 4.49. The fraction of sp³-hybridized carbons (Fsp3) is 0. The molecule has 0 unspecified atom stereocenters. The molecule has 0 aliphatic carbocycles. The number of carbonyl (C=O) groups is 1. The summed E-state index contributed by atoms with van der Waals surface area (Å²) in [6.45, 7) is 0. The summed E-state index contributed by atoms with van der Waals surface area (Å²) in [5.41, 5.74) is 2.39. The Labute approximate surface area is 120 Å². The third-order valence-electron chi connectivity index (χ3n) is 2.99. The van der Waals surface area contributed by atoms with Gasteiger partial charge in [0.25, 0.3) is 5.91 Å². The lowest BCUT2D eigenvalue weighted by atomic mass is 10.1. The first kappa shape index (κ1) is 13.1. The lowest BCUT2D eigenvalue weighted by Gasteiger charge is -2.01. The largest absolute Gasteiger partial charge is 0.321 e. The summed E-state index contributed by atoms with van der Waals surface area (Å²) >= 11 is 0. The zero-order chi connectivity index (χ0) is 14.7. The Bertz CT molecular complexity index is 751. The summed E-state index contributed by atoms with van der Waals surface area (Å²) < 4.78 is 12.9. The van der Waals surface area contributed by atoms with Crippen molar-refractivity contribution in [3.05, 3.63) is 72.2 Å². The van der Waals surface area contributed by atoms with Gasteiger partial charge in [-0.2, -0.15) is 5.10 Å². The number of amides is 1. The van der Waals surface area contributed by atoms with Crippen molar-refractivity contribution in [2.45, 2.75) is 0 Å². The van der Waals surface area contributed by atoms with E-state index >= 15 is 0 Å². The third kappa shape index (κ3) is 2.97. The van der Waals surface area contributed by atoms with Crippen LogP contribution >= 0.6 is 0 Å². The number of benzene rings is 2. The predicted molar refractivity (Wildman–Crippen MR) is 78.4 cm³/mol. The van der Waals surface area contributed by atoms with E-state index in [0.29, 0.717) is 17.1 Å². The Hall–Kier alpha value is -2.95. The number of halogens is 1. The number of nitrogens with one attached hydrogen (secondary N) is 2. The van der Waals surface area contributed by atoms with Gasteiger partial charge in [-0.05, 0) is 42.5 Å². The molecule has 2 aromatic carbocycles. The molecule has 4 nitrogen and oxygen atoms in total. The van der Waals surface area contributed by atoms with Crippen molar-refractivity contribution in [1.82, 2.24) is 10.2 Å². The molecule has 3 aromatic rings. The van der Waals surface area contributed by atoms with Crippen LogP contribution < -0.4 is 5.32 Å². The van der Waals surface area contributed by atoms with E-state index in [2.05, 4.69) is 15.5 Å². The van der Waals surface area contributed by atoms with E-state index in [1.54, 1.807) is 30.3 Å². The molecule has 0 fully saturated rings. The molecule has 1 aromatic heterocycles. The number of aromatic nitrogens is 2. The molecule has 1 heterocycles. The molecule has 0 spiro atoms. The Balaban J connectivity index is 1.78. The quantitative estimate of drug-likeness (QED) is 0.772.